The Morgan fingerprint density at radius 2 is 1.94 bits per heavy atom. The molecule has 0 aromatic heterocycles. The van der Waals surface area contributed by atoms with Crippen LogP contribution in [0.5, 0.6) is 0 Å². The van der Waals surface area contributed by atoms with Crippen molar-refractivity contribution < 1.29 is 18.7 Å². The van der Waals surface area contributed by atoms with Crippen molar-refractivity contribution in [1.29, 1.82) is 0 Å². The maximum atomic E-state index is 11.2. The van der Waals surface area contributed by atoms with Gasteiger partial charge in [-0.05, 0) is 5.56 Å². The third kappa shape index (κ3) is 9.14. The largest absolute Gasteiger partial charge is 0.445 e. The van der Waals surface area contributed by atoms with Crippen molar-refractivity contribution in [1.82, 2.24) is 5.32 Å². The Morgan fingerprint density at radius 1 is 1.33 bits per heavy atom. The van der Waals surface area contributed by atoms with Crippen LogP contribution in [-0.2, 0) is 16.1 Å². The van der Waals surface area contributed by atoms with Gasteiger partial charge in [0.2, 0.25) is 5.91 Å². The molecule has 100 valence electrons. The summed E-state index contributed by atoms with van der Waals surface area (Å²) in [6, 6.07) is 9.37. The molecule has 0 bridgehead atoms. The van der Waals surface area contributed by atoms with E-state index in [4.69, 9.17) is 5.73 Å². The molecule has 2 amide bonds. The molecule has 0 saturated heterocycles. The van der Waals surface area contributed by atoms with Crippen LogP contribution in [0, 0.1) is 0 Å². The van der Waals surface area contributed by atoms with Gasteiger partial charge < -0.3 is 15.8 Å². The molecule has 0 saturated carbocycles. The predicted octanol–water partition coefficient (Wildman–Crippen LogP) is 1.37. The number of carbonyl (C=O) groups is 2. The van der Waals surface area contributed by atoms with Crippen molar-refractivity contribution >= 4 is 12.0 Å². The molecule has 18 heavy (non-hydrogen) atoms. The van der Waals surface area contributed by atoms with Gasteiger partial charge in [0.1, 0.15) is 6.61 Å². The average molecular weight is 256 g/mol. The first-order chi connectivity index (χ1) is 8.60. The SMILES string of the molecule is CNC(=O)CCF.NC(=O)OCc1ccccc1. The van der Waals surface area contributed by atoms with Crippen LogP contribution < -0.4 is 11.1 Å². The fourth-order valence-electron chi connectivity index (χ4n) is 0.940. The zero-order valence-electron chi connectivity index (χ0n) is 10.2. The Labute approximate surface area is 105 Å². The molecule has 0 aliphatic carbocycles. The number of carbonyl (C=O) groups excluding carboxylic acids is 2. The second kappa shape index (κ2) is 10.1. The molecule has 6 heteroatoms. The number of alkyl halides is 1. The smallest absolute Gasteiger partial charge is 0.404 e. The van der Waals surface area contributed by atoms with Gasteiger partial charge >= 0.3 is 6.09 Å². The topological polar surface area (TPSA) is 81.4 Å². The molecule has 0 unspecified atom stereocenters. The summed E-state index contributed by atoms with van der Waals surface area (Å²) in [5.41, 5.74) is 5.72. The average Bonchev–Trinajstić information content (AvgIpc) is 2.38. The molecular formula is C12H17FN2O3. The number of halogens is 1. The van der Waals surface area contributed by atoms with Gasteiger partial charge in [0.25, 0.3) is 0 Å². The van der Waals surface area contributed by atoms with Crippen LogP contribution in [0.4, 0.5) is 9.18 Å². The van der Waals surface area contributed by atoms with E-state index < -0.39 is 12.8 Å². The summed E-state index contributed by atoms with van der Waals surface area (Å²) < 4.78 is 15.7. The molecule has 5 nitrogen and oxygen atoms in total. The van der Waals surface area contributed by atoms with Crippen LogP contribution in [-0.4, -0.2) is 25.7 Å². The number of rotatable bonds is 4. The second-order valence-electron chi connectivity index (χ2n) is 3.21. The van der Waals surface area contributed by atoms with E-state index in [2.05, 4.69) is 10.1 Å². The van der Waals surface area contributed by atoms with Crippen molar-refractivity contribution in [2.75, 3.05) is 13.7 Å². The van der Waals surface area contributed by atoms with Gasteiger partial charge in [0, 0.05) is 7.05 Å². The minimum atomic E-state index is -0.742. The van der Waals surface area contributed by atoms with Gasteiger partial charge in [-0.15, -0.1) is 0 Å². The predicted molar refractivity (Wildman–Crippen MR) is 65.5 cm³/mol. The standard InChI is InChI=1S/C8H9NO2.C4H8FNO/c9-8(10)11-6-7-4-2-1-3-5-7;1-6-4(7)2-3-5/h1-5H,6H2,(H2,9,10);2-3H2,1H3,(H,6,7). The lowest BCUT2D eigenvalue weighted by atomic mass is 10.2. The lowest BCUT2D eigenvalue weighted by Crippen LogP contribution is -2.17. The summed E-state index contributed by atoms with van der Waals surface area (Å²) in [6.45, 7) is -0.324. The van der Waals surface area contributed by atoms with E-state index in [1.807, 2.05) is 30.3 Å². The van der Waals surface area contributed by atoms with Gasteiger partial charge in [-0.2, -0.15) is 0 Å². The number of nitrogens with two attached hydrogens (primary N) is 1. The first kappa shape index (κ1) is 15.9. The van der Waals surface area contributed by atoms with Crippen LogP contribution in [0.2, 0.25) is 0 Å². The molecule has 1 rings (SSSR count). The number of hydrogen-bond acceptors (Lipinski definition) is 3. The molecule has 0 heterocycles. The Hall–Kier alpha value is -2.11. The number of hydrogen-bond donors (Lipinski definition) is 2. The highest BCUT2D eigenvalue weighted by atomic mass is 19.1. The Balaban J connectivity index is 0.000000360. The van der Waals surface area contributed by atoms with Gasteiger partial charge in [-0.25, -0.2) is 4.79 Å². The Morgan fingerprint density at radius 3 is 2.33 bits per heavy atom. The van der Waals surface area contributed by atoms with E-state index in [-0.39, 0.29) is 18.9 Å². The number of primary amides is 1. The first-order valence-corrected chi connectivity index (χ1v) is 5.32. The highest BCUT2D eigenvalue weighted by Crippen LogP contribution is 1.99. The van der Waals surface area contributed by atoms with Crippen LogP contribution in [0.1, 0.15) is 12.0 Å². The molecule has 0 aliphatic heterocycles. The van der Waals surface area contributed by atoms with Crippen molar-refractivity contribution in [3.63, 3.8) is 0 Å². The van der Waals surface area contributed by atoms with E-state index in [9.17, 15) is 14.0 Å². The van der Waals surface area contributed by atoms with Gasteiger partial charge in [0.05, 0.1) is 13.1 Å². The summed E-state index contributed by atoms with van der Waals surface area (Å²) >= 11 is 0. The molecule has 0 aliphatic rings. The van der Waals surface area contributed by atoms with E-state index in [0.29, 0.717) is 0 Å². The van der Waals surface area contributed by atoms with Gasteiger partial charge in [-0.3, -0.25) is 9.18 Å². The van der Waals surface area contributed by atoms with Crippen molar-refractivity contribution in [2.24, 2.45) is 5.73 Å². The number of benzene rings is 1. The molecule has 1 aromatic rings. The van der Waals surface area contributed by atoms with E-state index in [1.54, 1.807) is 0 Å². The number of nitrogens with one attached hydrogen (secondary N) is 1. The normalized spacial score (nSPS) is 8.78. The fourth-order valence-corrected chi connectivity index (χ4v) is 0.940. The molecule has 0 spiro atoms. The van der Waals surface area contributed by atoms with E-state index in [0.717, 1.165) is 5.56 Å². The van der Waals surface area contributed by atoms with E-state index >= 15 is 0 Å². The first-order valence-electron chi connectivity index (χ1n) is 5.32. The molecule has 0 fully saturated rings. The summed E-state index contributed by atoms with van der Waals surface area (Å²) in [7, 11) is 1.48. The van der Waals surface area contributed by atoms with Crippen molar-refractivity contribution in [2.45, 2.75) is 13.0 Å². The van der Waals surface area contributed by atoms with Crippen LogP contribution in [0.3, 0.4) is 0 Å². The monoisotopic (exact) mass is 256 g/mol. The zero-order chi connectivity index (χ0) is 13.8. The fraction of sp³-hybridized carbons (Fsp3) is 0.333. The van der Waals surface area contributed by atoms with Crippen LogP contribution in [0.25, 0.3) is 0 Å². The highest BCUT2D eigenvalue weighted by molar-refractivity contribution is 5.75. The minimum absolute atomic E-state index is 0.0174. The maximum Gasteiger partial charge on any atom is 0.404 e. The summed E-state index contributed by atoms with van der Waals surface area (Å²) in [4.78, 5) is 20.2. The Bertz CT molecular complexity index is 358. The van der Waals surface area contributed by atoms with Gasteiger partial charge in [-0.1, -0.05) is 30.3 Å². The summed E-state index contributed by atoms with van der Waals surface area (Å²) in [5.74, 6) is -0.248. The maximum absolute atomic E-state index is 11.2. The minimum Gasteiger partial charge on any atom is -0.445 e. The number of ether oxygens (including phenoxy) is 1. The molecular weight excluding hydrogens is 239 g/mol. The van der Waals surface area contributed by atoms with Crippen LogP contribution in [0.15, 0.2) is 30.3 Å². The molecule has 3 N–H and O–H groups in total. The summed E-state index contributed by atoms with van der Waals surface area (Å²) in [6.07, 6.45) is -0.759. The second-order valence-corrected chi connectivity index (χ2v) is 3.21. The van der Waals surface area contributed by atoms with Crippen molar-refractivity contribution in [3.05, 3.63) is 35.9 Å². The number of amides is 2. The van der Waals surface area contributed by atoms with Crippen LogP contribution >= 0.6 is 0 Å². The Kier molecular flexibility index (Phi) is 8.89. The highest BCUT2D eigenvalue weighted by Gasteiger charge is 1.94. The zero-order valence-corrected chi connectivity index (χ0v) is 10.2. The molecule has 0 radical (unpaired) electrons. The molecule has 0 atom stereocenters. The quantitative estimate of drug-likeness (QED) is 0.853. The summed E-state index contributed by atoms with van der Waals surface area (Å²) in [5, 5.41) is 2.29. The molecule has 1 aromatic carbocycles. The van der Waals surface area contributed by atoms with Gasteiger partial charge in [0.15, 0.2) is 0 Å². The lowest BCUT2D eigenvalue weighted by Gasteiger charge is -1.99. The van der Waals surface area contributed by atoms with E-state index in [1.165, 1.54) is 7.05 Å². The third-order valence-corrected chi connectivity index (χ3v) is 1.82. The third-order valence-electron chi connectivity index (χ3n) is 1.82. The van der Waals surface area contributed by atoms with Crippen molar-refractivity contribution in [3.8, 4) is 0 Å². The lowest BCUT2D eigenvalue weighted by molar-refractivity contribution is -0.120.